The molecule has 1 amide bonds. The minimum absolute atomic E-state index is 0.0216. The van der Waals surface area contributed by atoms with Crippen LogP contribution in [0.5, 0.6) is 0 Å². The van der Waals surface area contributed by atoms with Crippen LogP contribution >= 0.6 is 0 Å². The summed E-state index contributed by atoms with van der Waals surface area (Å²) in [4.78, 5) is 25.6. The Bertz CT molecular complexity index is 933. The van der Waals surface area contributed by atoms with Crippen LogP contribution in [0.15, 0.2) is 90.5 Å². The highest BCUT2D eigenvalue weighted by molar-refractivity contribution is 6.31. The number of carbonyl (C=O) groups is 2. The quantitative estimate of drug-likeness (QED) is 0.314. The summed E-state index contributed by atoms with van der Waals surface area (Å²) in [6, 6.07) is 23.0. The molecule has 0 fully saturated rings. The van der Waals surface area contributed by atoms with E-state index in [2.05, 4.69) is 5.32 Å². The van der Waals surface area contributed by atoms with E-state index in [1.54, 1.807) is 54.6 Å². The Hall–Kier alpha value is -3.53. The molecule has 0 aliphatic heterocycles. The lowest BCUT2D eigenvalue weighted by Crippen LogP contribution is -2.20. The summed E-state index contributed by atoms with van der Waals surface area (Å²) in [5.74, 6) is -1.30. The van der Waals surface area contributed by atoms with E-state index >= 15 is 0 Å². The number of carbonyl (C=O) groups excluding carboxylic acids is 2. The van der Waals surface area contributed by atoms with Crippen LogP contribution in [0.1, 0.15) is 15.9 Å². The van der Waals surface area contributed by atoms with Gasteiger partial charge in [0.2, 0.25) is 0 Å². The molecular weight excluding hydrogens is 329 g/mol. The van der Waals surface area contributed by atoms with Gasteiger partial charge in [0.15, 0.2) is 5.78 Å². The highest BCUT2D eigenvalue weighted by atomic mass is 19.1. The molecule has 0 aliphatic carbocycles. The third-order valence-electron chi connectivity index (χ3n) is 3.74. The molecule has 0 aromatic heterocycles. The van der Waals surface area contributed by atoms with Crippen molar-refractivity contribution in [2.75, 3.05) is 5.32 Å². The maximum Gasteiger partial charge on any atom is 0.259 e. The number of rotatable bonds is 5. The second-order valence-electron chi connectivity index (χ2n) is 5.62. The fourth-order valence-corrected chi connectivity index (χ4v) is 2.42. The van der Waals surface area contributed by atoms with E-state index in [0.29, 0.717) is 16.8 Å². The van der Waals surface area contributed by atoms with Crippen molar-refractivity contribution in [2.24, 2.45) is 0 Å². The second-order valence-corrected chi connectivity index (χ2v) is 5.62. The van der Waals surface area contributed by atoms with Crippen LogP contribution < -0.4 is 5.32 Å². The maximum atomic E-state index is 13.1. The van der Waals surface area contributed by atoms with Gasteiger partial charge in [-0.2, -0.15) is 0 Å². The lowest BCUT2D eigenvalue weighted by molar-refractivity contribution is -0.112. The number of hydrogen-bond donors (Lipinski definition) is 1. The zero-order chi connectivity index (χ0) is 18.4. The molecule has 0 bridgehead atoms. The Morgan fingerprint density at radius 3 is 1.96 bits per heavy atom. The van der Waals surface area contributed by atoms with Crippen LogP contribution in [0.4, 0.5) is 10.1 Å². The number of Topliss-reactive ketones (excluding diaryl/α,β-unsaturated/α-hetero) is 1. The van der Waals surface area contributed by atoms with Gasteiger partial charge in [-0.25, -0.2) is 4.39 Å². The normalized spacial score (nSPS) is 11.0. The van der Waals surface area contributed by atoms with Gasteiger partial charge in [0.1, 0.15) is 5.82 Å². The first-order valence-corrected chi connectivity index (χ1v) is 8.07. The zero-order valence-electron chi connectivity index (χ0n) is 13.9. The number of anilines is 1. The molecule has 128 valence electrons. The molecule has 4 heteroatoms. The first-order valence-electron chi connectivity index (χ1n) is 8.07. The molecule has 3 aromatic carbocycles. The summed E-state index contributed by atoms with van der Waals surface area (Å²) >= 11 is 0. The van der Waals surface area contributed by atoms with Crippen LogP contribution in [-0.4, -0.2) is 11.7 Å². The molecule has 0 spiro atoms. The Morgan fingerprint density at radius 1 is 0.769 bits per heavy atom. The Balaban J connectivity index is 1.96. The maximum absolute atomic E-state index is 13.1. The molecule has 1 N–H and O–H groups in total. The van der Waals surface area contributed by atoms with Crippen molar-refractivity contribution in [3.63, 3.8) is 0 Å². The average Bonchev–Trinajstić information content (AvgIpc) is 2.68. The van der Waals surface area contributed by atoms with Crippen molar-refractivity contribution in [3.05, 3.63) is 107 Å². The molecule has 0 heterocycles. The van der Waals surface area contributed by atoms with E-state index in [9.17, 15) is 14.0 Å². The smallest absolute Gasteiger partial charge is 0.259 e. The average molecular weight is 345 g/mol. The molecule has 3 rings (SSSR count). The van der Waals surface area contributed by atoms with Crippen LogP contribution in [0.25, 0.3) is 6.08 Å². The van der Waals surface area contributed by atoms with Gasteiger partial charge >= 0.3 is 0 Å². The van der Waals surface area contributed by atoms with Gasteiger partial charge in [0, 0.05) is 11.3 Å². The van der Waals surface area contributed by atoms with Crippen LogP contribution in [0.3, 0.4) is 0 Å². The molecular formula is C22H16FNO2. The van der Waals surface area contributed by atoms with Gasteiger partial charge in [0.25, 0.3) is 5.91 Å². The Labute approximate surface area is 150 Å². The molecule has 3 aromatic rings. The molecule has 0 unspecified atom stereocenters. The number of para-hydroxylation sites is 1. The molecule has 0 saturated carbocycles. The topological polar surface area (TPSA) is 46.2 Å². The predicted octanol–water partition coefficient (Wildman–Crippen LogP) is 4.73. The van der Waals surface area contributed by atoms with Gasteiger partial charge in [-0.15, -0.1) is 0 Å². The molecule has 3 nitrogen and oxygen atoms in total. The van der Waals surface area contributed by atoms with Crippen molar-refractivity contribution in [1.29, 1.82) is 0 Å². The first kappa shape index (κ1) is 17.3. The predicted molar refractivity (Wildman–Crippen MR) is 100 cm³/mol. The summed E-state index contributed by atoms with van der Waals surface area (Å²) in [6.07, 6.45) is 1.47. The number of halogens is 1. The minimum Gasteiger partial charge on any atom is -0.322 e. The molecule has 0 saturated heterocycles. The lowest BCUT2D eigenvalue weighted by atomic mass is 10.00. The molecule has 0 aliphatic rings. The fraction of sp³-hybridized carbons (Fsp3) is 0. The van der Waals surface area contributed by atoms with Crippen molar-refractivity contribution < 1.29 is 14.0 Å². The van der Waals surface area contributed by atoms with Gasteiger partial charge in [-0.1, -0.05) is 60.7 Å². The van der Waals surface area contributed by atoms with E-state index in [1.165, 1.54) is 30.3 Å². The van der Waals surface area contributed by atoms with Crippen LogP contribution in [0, 0.1) is 5.82 Å². The summed E-state index contributed by atoms with van der Waals surface area (Å²) in [7, 11) is 0. The van der Waals surface area contributed by atoms with Crippen molar-refractivity contribution >= 4 is 23.5 Å². The van der Waals surface area contributed by atoms with Gasteiger partial charge in [-0.05, 0) is 35.9 Å². The molecule has 26 heavy (non-hydrogen) atoms. The van der Waals surface area contributed by atoms with E-state index in [-0.39, 0.29) is 11.4 Å². The van der Waals surface area contributed by atoms with Crippen LogP contribution in [0.2, 0.25) is 0 Å². The van der Waals surface area contributed by atoms with Crippen molar-refractivity contribution in [2.45, 2.75) is 0 Å². The standard InChI is InChI=1S/C22H16FNO2/c23-18-13-11-16(12-14-18)15-20(21(25)17-7-3-1-4-8-17)22(26)24-19-9-5-2-6-10-19/h1-15H,(H,24,26)/b20-15+. The van der Waals surface area contributed by atoms with E-state index in [4.69, 9.17) is 0 Å². The molecule has 0 radical (unpaired) electrons. The van der Waals surface area contributed by atoms with Crippen LogP contribution in [-0.2, 0) is 4.79 Å². The Morgan fingerprint density at radius 2 is 1.35 bits per heavy atom. The van der Waals surface area contributed by atoms with Crippen molar-refractivity contribution in [1.82, 2.24) is 0 Å². The summed E-state index contributed by atoms with van der Waals surface area (Å²) in [5, 5.41) is 2.72. The zero-order valence-corrected chi connectivity index (χ0v) is 13.9. The largest absolute Gasteiger partial charge is 0.322 e. The summed E-state index contributed by atoms with van der Waals surface area (Å²) in [6.45, 7) is 0. The van der Waals surface area contributed by atoms with Gasteiger partial charge < -0.3 is 5.32 Å². The fourth-order valence-electron chi connectivity index (χ4n) is 2.42. The summed E-state index contributed by atoms with van der Waals surface area (Å²) in [5.41, 5.74) is 1.54. The van der Waals surface area contributed by atoms with E-state index in [0.717, 1.165) is 0 Å². The minimum atomic E-state index is -0.519. The van der Waals surface area contributed by atoms with Crippen molar-refractivity contribution in [3.8, 4) is 0 Å². The Kier molecular flexibility index (Phi) is 5.34. The van der Waals surface area contributed by atoms with Gasteiger partial charge in [0.05, 0.1) is 5.57 Å². The number of ketones is 1. The lowest BCUT2D eigenvalue weighted by Gasteiger charge is -2.09. The second kappa shape index (κ2) is 8.03. The highest BCUT2D eigenvalue weighted by Gasteiger charge is 2.20. The first-order chi connectivity index (χ1) is 12.6. The number of nitrogens with one attached hydrogen (secondary N) is 1. The third kappa shape index (κ3) is 4.30. The third-order valence-corrected chi connectivity index (χ3v) is 3.74. The van der Waals surface area contributed by atoms with E-state index < -0.39 is 11.7 Å². The number of benzene rings is 3. The highest BCUT2D eigenvalue weighted by Crippen LogP contribution is 2.16. The SMILES string of the molecule is O=C(Nc1ccccc1)/C(=C/c1ccc(F)cc1)C(=O)c1ccccc1. The number of hydrogen-bond acceptors (Lipinski definition) is 2. The van der Waals surface area contributed by atoms with Gasteiger partial charge in [-0.3, -0.25) is 9.59 Å². The summed E-state index contributed by atoms with van der Waals surface area (Å²) < 4.78 is 13.1. The molecule has 0 atom stereocenters. The monoisotopic (exact) mass is 345 g/mol. The van der Waals surface area contributed by atoms with E-state index in [1.807, 2.05) is 6.07 Å². The number of amides is 1.